The second-order valence-corrected chi connectivity index (χ2v) is 4.91. The predicted octanol–water partition coefficient (Wildman–Crippen LogP) is -1.58. The number of carbonyl (C=O) groups excluding carboxylic acids is 2. The van der Waals surface area contributed by atoms with Crippen molar-refractivity contribution in [2.45, 2.75) is 43.1 Å². The van der Waals surface area contributed by atoms with E-state index in [4.69, 9.17) is 15.9 Å². The molecule has 0 saturated heterocycles. The van der Waals surface area contributed by atoms with Gasteiger partial charge in [-0.25, -0.2) is 0 Å². The van der Waals surface area contributed by atoms with Crippen molar-refractivity contribution in [2.24, 2.45) is 5.73 Å². The van der Waals surface area contributed by atoms with Crippen LogP contribution in [0.15, 0.2) is 0 Å². The van der Waals surface area contributed by atoms with E-state index in [-0.39, 0.29) is 36.8 Å². The SMILES string of the molecule is NC(CCC(=O)NC(C[SeH])C(=O)CCC(=O)O)C(=O)O. The molecule has 0 radical (unpaired) electrons. The maximum atomic E-state index is 11.7. The number of nitrogens with one attached hydrogen (secondary N) is 1. The fourth-order valence-corrected chi connectivity index (χ4v) is 1.93. The van der Waals surface area contributed by atoms with E-state index in [0.29, 0.717) is 0 Å². The normalized spacial score (nSPS) is 13.3. The Balaban J connectivity index is 4.21. The van der Waals surface area contributed by atoms with Gasteiger partial charge in [-0.3, -0.25) is 0 Å². The van der Waals surface area contributed by atoms with E-state index in [2.05, 4.69) is 21.3 Å². The van der Waals surface area contributed by atoms with Gasteiger partial charge in [0.2, 0.25) is 0 Å². The third-order valence-electron chi connectivity index (χ3n) is 2.49. The van der Waals surface area contributed by atoms with Gasteiger partial charge < -0.3 is 0 Å². The second kappa shape index (κ2) is 9.46. The molecule has 0 aromatic heterocycles. The first-order valence-corrected chi connectivity index (χ1v) is 7.23. The molecule has 0 fully saturated rings. The topological polar surface area (TPSA) is 147 Å². The average molecular weight is 353 g/mol. The van der Waals surface area contributed by atoms with E-state index in [1.807, 2.05) is 0 Å². The molecule has 0 bridgehead atoms. The molecule has 0 spiro atoms. The van der Waals surface area contributed by atoms with Crippen LogP contribution in [-0.2, 0) is 19.2 Å². The molecule has 8 nitrogen and oxygen atoms in total. The number of hydrogen-bond donors (Lipinski definition) is 4. The summed E-state index contributed by atoms with van der Waals surface area (Å²) in [5, 5.41) is 19.8. The van der Waals surface area contributed by atoms with Crippen LogP contribution in [0.25, 0.3) is 0 Å². The van der Waals surface area contributed by atoms with Crippen LogP contribution in [-0.4, -0.2) is 61.9 Å². The summed E-state index contributed by atoms with van der Waals surface area (Å²) in [5.74, 6) is -3.13. The summed E-state index contributed by atoms with van der Waals surface area (Å²) in [6, 6.07) is -1.90. The van der Waals surface area contributed by atoms with Crippen LogP contribution >= 0.6 is 0 Å². The Morgan fingerprint density at radius 1 is 1.10 bits per heavy atom. The van der Waals surface area contributed by atoms with Crippen molar-refractivity contribution in [3.8, 4) is 0 Å². The number of Topliss-reactive ketones (excluding diaryl/α,β-unsaturated/α-hetero) is 1. The number of carboxylic acid groups (broad SMARTS) is 2. The minimum atomic E-state index is -1.20. The number of aliphatic carboxylic acids is 2. The Labute approximate surface area is 123 Å². The molecule has 2 atom stereocenters. The number of carbonyl (C=O) groups is 4. The van der Waals surface area contributed by atoms with Gasteiger partial charge in [0.25, 0.3) is 0 Å². The van der Waals surface area contributed by atoms with Crippen molar-refractivity contribution in [3.63, 3.8) is 0 Å². The molecule has 0 aliphatic heterocycles. The van der Waals surface area contributed by atoms with E-state index < -0.39 is 29.9 Å². The zero-order valence-electron chi connectivity index (χ0n) is 10.7. The van der Waals surface area contributed by atoms with Crippen molar-refractivity contribution in [1.29, 1.82) is 0 Å². The number of nitrogens with two attached hydrogens (primary N) is 1. The van der Waals surface area contributed by atoms with Crippen LogP contribution < -0.4 is 11.1 Å². The first-order chi connectivity index (χ1) is 9.27. The van der Waals surface area contributed by atoms with E-state index in [1.54, 1.807) is 0 Å². The summed E-state index contributed by atoms with van der Waals surface area (Å²) in [5.41, 5.74) is 5.25. The van der Waals surface area contributed by atoms with Crippen LogP contribution in [0.2, 0.25) is 5.32 Å². The van der Waals surface area contributed by atoms with Crippen molar-refractivity contribution in [1.82, 2.24) is 5.32 Å². The van der Waals surface area contributed by atoms with Crippen molar-refractivity contribution < 1.29 is 29.4 Å². The molecule has 0 saturated carbocycles. The van der Waals surface area contributed by atoms with Crippen molar-refractivity contribution in [2.75, 3.05) is 0 Å². The van der Waals surface area contributed by atoms with Gasteiger partial charge in [0.1, 0.15) is 0 Å². The van der Waals surface area contributed by atoms with Crippen molar-refractivity contribution in [3.05, 3.63) is 0 Å². The van der Waals surface area contributed by atoms with Gasteiger partial charge in [-0.05, 0) is 0 Å². The zero-order valence-corrected chi connectivity index (χ0v) is 12.6. The van der Waals surface area contributed by atoms with Gasteiger partial charge >= 0.3 is 123 Å². The predicted molar refractivity (Wildman–Crippen MR) is 70.6 cm³/mol. The first-order valence-electron chi connectivity index (χ1n) is 5.91. The number of rotatable bonds is 10. The molecule has 2 unspecified atom stereocenters. The van der Waals surface area contributed by atoms with Gasteiger partial charge in [-0.2, -0.15) is 0 Å². The van der Waals surface area contributed by atoms with Crippen molar-refractivity contribution >= 4 is 39.6 Å². The molecule has 114 valence electrons. The monoisotopic (exact) mass is 354 g/mol. The summed E-state index contributed by atoms with van der Waals surface area (Å²) in [6.45, 7) is 0. The molecule has 0 aliphatic carbocycles. The molecule has 0 aromatic carbocycles. The van der Waals surface area contributed by atoms with Gasteiger partial charge in [0.05, 0.1) is 0 Å². The van der Waals surface area contributed by atoms with E-state index in [1.165, 1.54) is 0 Å². The van der Waals surface area contributed by atoms with E-state index >= 15 is 0 Å². The molecule has 9 heteroatoms. The summed E-state index contributed by atoms with van der Waals surface area (Å²) in [7, 11) is 0. The van der Waals surface area contributed by atoms with Crippen LogP contribution in [0.4, 0.5) is 0 Å². The maximum absolute atomic E-state index is 11.7. The third-order valence-corrected chi connectivity index (χ3v) is 3.26. The molecule has 0 heterocycles. The van der Waals surface area contributed by atoms with Gasteiger partial charge in [0.15, 0.2) is 0 Å². The Bertz CT molecular complexity index is 387. The van der Waals surface area contributed by atoms with Gasteiger partial charge in [-0.1, -0.05) is 0 Å². The first kappa shape index (κ1) is 18.6. The van der Waals surface area contributed by atoms with Crippen LogP contribution in [0.5, 0.6) is 0 Å². The number of amides is 1. The molecule has 0 aliphatic rings. The van der Waals surface area contributed by atoms with Gasteiger partial charge in [0, 0.05) is 0 Å². The van der Waals surface area contributed by atoms with Crippen LogP contribution in [0, 0.1) is 0 Å². The second-order valence-electron chi connectivity index (χ2n) is 4.15. The summed E-state index contributed by atoms with van der Waals surface area (Å²) in [6.07, 6.45) is -0.590. The average Bonchev–Trinajstić information content (AvgIpc) is 2.38. The van der Waals surface area contributed by atoms with Gasteiger partial charge in [-0.15, -0.1) is 0 Å². The molecular weight excluding hydrogens is 335 g/mol. The number of hydrogen-bond acceptors (Lipinski definition) is 5. The Morgan fingerprint density at radius 3 is 2.15 bits per heavy atom. The molecular formula is C11H18N2O6Se. The minimum absolute atomic E-state index is 0.0320. The Hall–Kier alpha value is -1.44. The quantitative estimate of drug-likeness (QED) is 0.346. The third kappa shape index (κ3) is 7.88. The fourth-order valence-electron chi connectivity index (χ4n) is 1.31. The Kier molecular flexibility index (Phi) is 8.78. The summed E-state index contributed by atoms with van der Waals surface area (Å²) < 4.78 is 0. The van der Waals surface area contributed by atoms with Crippen LogP contribution in [0.3, 0.4) is 0 Å². The standard InChI is InChI=1S/C11H18N2O6Se/c12-6(11(18)19)1-3-9(15)13-7(5-20)8(14)2-4-10(16)17/h6-7,20H,1-5,12H2,(H,13,15)(H,16,17)(H,18,19). The van der Waals surface area contributed by atoms with E-state index in [9.17, 15) is 19.2 Å². The molecule has 5 N–H and O–H groups in total. The molecule has 0 rings (SSSR count). The molecule has 20 heavy (non-hydrogen) atoms. The molecule has 1 amide bonds. The fraction of sp³-hybridized carbons (Fsp3) is 0.636. The number of ketones is 1. The van der Waals surface area contributed by atoms with Crippen LogP contribution in [0.1, 0.15) is 25.7 Å². The zero-order chi connectivity index (χ0) is 15.7. The Morgan fingerprint density at radius 2 is 1.70 bits per heavy atom. The summed E-state index contributed by atoms with van der Waals surface area (Å²) >= 11 is 2.14. The van der Waals surface area contributed by atoms with E-state index in [0.717, 1.165) is 0 Å². The number of carboxylic acids is 2. The summed E-state index contributed by atoms with van der Waals surface area (Å²) in [4.78, 5) is 44.0. The molecule has 0 aromatic rings.